The van der Waals surface area contributed by atoms with E-state index in [9.17, 15) is 28.8 Å². The molecule has 66 heavy (non-hydrogen) atoms. The van der Waals surface area contributed by atoms with E-state index in [1.54, 1.807) is 29.2 Å². The summed E-state index contributed by atoms with van der Waals surface area (Å²) in [5.41, 5.74) is 8.98. The van der Waals surface area contributed by atoms with Crippen LogP contribution in [0.4, 0.5) is 5.82 Å². The van der Waals surface area contributed by atoms with Crippen LogP contribution >= 0.6 is 11.8 Å². The van der Waals surface area contributed by atoms with Crippen molar-refractivity contribution in [3.8, 4) is 22.8 Å². The van der Waals surface area contributed by atoms with Crippen molar-refractivity contribution in [1.29, 1.82) is 0 Å². The molecule has 6 heterocycles. The Hall–Kier alpha value is -6.96. The number of benzene rings is 3. The molecule has 3 saturated heterocycles. The number of anilines is 1. The maximum Gasteiger partial charge on any atom is 0.263 e. The first-order valence-corrected chi connectivity index (χ1v) is 22.9. The number of carbonyl (C=O) groups excluding carboxylic acids is 6. The minimum atomic E-state index is -1.04. The summed E-state index contributed by atoms with van der Waals surface area (Å²) in [4.78, 5) is 93.2. The Labute approximate surface area is 384 Å². The number of rotatable bonds is 14. The topological polar surface area (TPSA) is 215 Å². The van der Waals surface area contributed by atoms with Crippen molar-refractivity contribution in [2.45, 2.75) is 42.7 Å². The van der Waals surface area contributed by atoms with Crippen LogP contribution in [0.5, 0.6) is 11.5 Å². The highest BCUT2D eigenvalue weighted by atomic mass is 32.2. The van der Waals surface area contributed by atoms with Crippen LogP contribution in [0.25, 0.3) is 22.3 Å². The molecule has 3 N–H and O–H groups in total. The third-order valence-electron chi connectivity index (χ3n) is 12.2. The zero-order valence-corrected chi connectivity index (χ0v) is 36.9. The molecule has 6 amide bonds. The van der Waals surface area contributed by atoms with Gasteiger partial charge in [0.2, 0.25) is 23.6 Å². The van der Waals surface area contributed by atoms with Crippen LogP contribution in [-0.2, 0) is 23.9 Å². The first kappa shape index (κ1) is 44.3. The summed E-state index contributed by atoms with van der Waals surface area (Å²) in [6, 6.07) is 21.0. The average Bonchev–Trinajstić information content (AvgIpc) is 3.85. The molecule has 3 aromatic carbocycles. The minimum Gasteiger partial charge on any atom is -0.457 e. The van der Waals surface area contributed by atoms with E-state index in [1.165, 1.54) is 18.1 Å². The number of thioether (sulfide) groups is 1. The van der Waals surface area contributed by atoms with Crippen molar-refractivity contribution in [2.75, 3.05) is 70.5 Å². The van der Waals surface area contributed by atoms with E-state index in [1.807, 2.05) is 70.3 Å². The SMILES string of the molecule is Nc1ncnc2c1c(-c1ccc(Oc3ccccc3)cc1)nn2C1CCCN(C(=O)/C=C/CN2CCN(C(=O)COCCSc3cccc4c3C(=O)N(C3CCC(=O)NC3=O)C4=O)CC2)C1. The lowest BCUT2D eigenvalue weighted by atomic mass is 10.0. The van der Waals surface area contributed by atoms with E-state index in [0.717, 1.165) is 29.1 Å². The van der Waals surface area contributed by atoms with E-state index in [2.05, 4.69) is 20.2 Å². The fourth-order valence-corrected chi connectivity index (χ4v) is 9.70. The molecule has 0 bridgehead atoms. The molecule has 0 saturated carbocycles. The van der Waals surface area contributed by atoms with Gasteiger partial charge in [0.05, 0.1) is 29.2 Å². The molecule has 18 nitrogen and oxygen atoms in total. The van der Waals surface area contributed by atoms with Crippen LogP contribution in [0.1, 0.15) is 52.4 Å². The normalized spacial score (nSPS) is 19.2. The third kappa shape index (κ3) is 9.40. The quantitative estimate of drug-likeness (QED) is 0.0699. The molecule has 19 heteroatoms. The number of piperazine rings is 1. The largest absolute Gasteiger partial charge is 0.457 e. The zero-order chi connectivity index (χ0) is 45.7. The van der Waals surface area contributed by atoms with Gasteiger partial charge in [-0.25, -0.2) is 14.6 Å². The van der Waals surface area contributed by atoms with E-state index in [0.29, 0.717) is 84.8 Å². The van der Waals surface area contributed by atoms with Gasteiger partial charge in [-0.2, -0.15) is 5.10 Å². The summed E-state index contributed by atoms with van der Waals surface area (Å²) in [6.07, 6.45) is 6.70. The number of likely N-dealkylation sites (tertiary alicyclic amines) is 1. The Kier molecular flexibility index (Phi) is 13.2. The molecule has 0 spiro atoms. The molecule has 340 valence electrons. The Morgan fingerprint density at radius 1 is 0.864 bits per heavy atom. The lowest BCUT2D eigenvalue weighted by Gasteiger charge is -2.34. The Morgan fingerprint density at radius 3 is 2.44 bits per heavy atom. The maximum atomic E-state index is 13.5. The molecule has 2 unspecified atom stereocenters. The monoisotopic (exact) mass is 912 g/mol. The first-order valence-electron chi connectivity index (χ1n) is 22.0. The van der Waals surface area contributed by atoms with Gasteiger partial charge >= 0.3 is 0 Å². The number of nitrogens with one attached hydrogen (secondary N) is 1. The van der Waals surface area contributed by atoms with Gasteiger partial charge in [-0.1, -0.05) is 30.3 Å². The number of imide groups is 2. The van der Waals surface area contributed by atoms with Gasteiger partial charge in [0.1, 0.15) is 42.0 Å². The number of para-hydroxylation sites is 1. The molecular weight excluding hydrogens is 865 g/mol. The summed E-state index contributed by atoms with van der Waals surface area (Å²) in [5, 5.41) is 7.89. The molecule has 3 fully saturated rings. The highest BCUT2D eigenvalue weighted by Crippen LogP contribution is 2.36. The second kappa shape index (κ2) is 19.6. The van der Waals surface area contributed by atoms with Gasteiger partial charge < -0.3 is 25.0 Å². The van der Waals surface area contributed by atoms with Crippen LogP contribution in [0.3, 0.4) is 0 Å². The molecular formula is C47H48N10O8S. The van der Waals surface area contributed by atoms with Crippen LogP contribution in [-0.4, -0.2) is 146 Å². The lowest BCUT2D eigenvalue weighted by molar-refractivity contribution is -0.138. The number of hydrogen-bond acceptors (Lipinski definition) is 14. The molecule has 0 radical (unpaired) electrons. The van der Waals surface area contributed by atoms with E-state index < -0.39 is 29.7 Å². The fourth-order valence-electron chi connectivity index (χ4n) is 8.77. The predicted octanol–water partition coefficient (Wildman–Crippen LogP) is 3.94. The fraction of sp³-hybridized carbons (Fsp3) is 0.340. The average molecular weight is 913 g/mol. The summed E-state index contributed by atoms with van der Waals surface area (Å²) < 4.78 is 13.6. The van der Waals surface area contributed by atoms with Crippen molar-refractivity contribution in [2.24, 2.45) is 0 Å². The molecule has 4 aliphatic rings. The van der Waals surface area contributed by atoms with E-state index in [-0.39, 0.29) is 55.0 Å². The maximum absolute atomic E-state index is 13.5. The van der Waals surface area contributed by atoms with Crippen molar-refractivity contribution in [1.82, 2.24) is 44.7 Å². The molecule has 2 aromatic heterocycles. The van der Waals surface area contributed by atoms with Gasteiger partial charge in [0.25, 0.3) is 11.8 Å². The number of piperidine rings is 2. The molecule has 2 atom stereocenters. The third-order valence-corrected chi connectivity index (χ3v) is 13.2. The Morgan fingerprint density at radius 2 is 1.65 bits per heavy atom. The second-order valence-corrected chi connectivity index (χ2v) is 17.5. The summed E-state index contributed by atoms with van der Waals surface area (Å²) in [7, 11) is 0. The van der Waals surface area contributed by atoms with Gasteiger partial charge in [-0.15, -0.1) is 11.8 Å². The van der Waals surface area contributed by atoms with Gasteiger partial charge in [-0.3, -0.25) is 43.9 Å². The van der Waals surface area contributed by atoms with Crippen molar-refractivity contribution in [3.05, 3.63) is 102 Å². The Balaban J connectivity index is 0.716. The van der Waals surface area contributed by atoms with Crippen LogP contribution < -0.4 is 15.8 Å². The van der Waals surface area contributed by atoms with Crippen molar-refractivity contribution >= 4 is 64.1 Å². The van der Waals surface area contributed by atoms with Crippen molar-refractivity contribution in [3.63, 3.8) is 0 Å². The summed E-state index contributed by atoms with van der Waals surface area (Å²) >= 11 is 1.33. The minimum absolute atomic E-state index is 0.0472. The number of nitrogens with two attached hydrogens (primary N) is 1. The number of aromatic nitrogens is 4. The number of nitrogen functional groups attached to an aromatic ring is 1. The number of nitrogens with zero attached hydrogens (tertiary/aromatic N) is 8. The van der Waals surface area contributed by atoms with Crippen LogP contribution in [0.15, 0.2) is 96.2 Å². The molecule has 9 rings (SSSR count). The van der Waals surface area contributed by atoms with Gasteiger partial charge in [0.15, 0.2) is 5.65 Å². The number of hydrogen-bond donors (Lipinski definition) is 2. The summed E-state index contributed by atoms with van der Waals surface area (Å²) in [6.45, 7) is 4.17. The molecule has 0 aliphatic carbocycles. The number of ether oxygens (including phenoxy) is 2. The van der Waals surface area contributed by atoms with Crippen LogP contribution in [0, 0.1) is 0 Å². The standard InChI is InChI=1S/C47H48N10O8S/c48-43-41-42(30-13-15-33(16-14-30)65-32-8-2-1-3-9-32)52-57(44(41)50-29-49-43)31-7-5-20-55(27-31)38(59)12-6-19-53-21-23-54(24-22-53)39(60)28-64-25-26-66-36-11-4-10-34-40(36)47(63)56(46(34)62)35-17-18-37(58)51-45(35)61/h1-4,6,8-16,29,31,35H,5,7,17-28H2,(H2,48,49,50)(H,51,58,61)/b12-6+. The van der Waals surface area contributed by atoms with Crippen LogP contribution in [0.2, 0.25) is 0 Å². The van der Waals surface area contributed by atoms with Gasteiger partial charge in [-0.05, 0) is 67.8 Å². The van der Waals surface area contributed by atoms with E-state index in [4.69, 9.17) is 20.3 Å². The number of carbonyl (C=O) groups is 6. The van der Waals surface area contributed by atoms with E-state index >= 15 is 0 Å². The molecule has 4 aliphatic heterocycles. The number of fused-ring (bicyclic) bond motifs is 2. The molecule has 5 aromatic rings. The predicted molar refractivity (Wildman–Crippen MR) is 243 cm³/mol. The highest BCUT2D eigenvalue weighted by Gasteiger charge is 2.45. The number of amides is 6. The summed E-state index contributed by atoms with van der Waals surface area (Å²) in [5.74, 6) is -0.216. The van der Waals surface area contributed by atoms with Crippen molar-refractivity contribution < 1.29 is 38.2 Å². The first-order chi connectivity index (χ1) is 32.1. The zero-order valence-electron chi connectivity index (χ0n) is 36.0. The van der Waals surface area contributed by atoms with Gasteiger partial charge in [0, 0.05) is 74.5 Å². The smallest absolute Gasteiger partial charge is 0.263 e. The lowest BCUT2D eigenvalue weighted by Crippen LogP contribution is -2.54. The second-order valence-electron chi connectivity index (χ2n) is 16.4. The highest BCUT2D eigenvalue weighted by molar-refractivity contribution is 7.99. The Bertz CT molecular complexity index is 2700.